The molecule has 1 aromatic carbocycles. The van der Waals surface area contributed by atoms with Gasteiger partial charge in [0.25, 0.3) is 0 Å². The molecule has 6 heteroatoms. The zero-order valence-electron chi connectivity index (χ0n) is 11.5. The minimum Gasteiger partial charge on any atom is -0.408 e. The molecule has 2 rings (SSSR count). The molecule has 0 fully saturated rings. The van der Waals surface area contributed by atoms with Crippen molar-refractivity contribution in [1.29, 1.82) is 0 Å². The third-order valence-corrected chi connectivity index (χ3v) is 2.93. The van der Waals surface area contributed by atoms with Crippen LogP contribution in [0, 0.1) is 5.82 Å². The van der Waals surface area contributed by atoms with E-state index in [0.29, 0.717) is 29.9 Å². The maximum Gasteiger partial charge on any atom is 0.417 e. The molecule has 0 saturated carbocycles. The predicted octanol–water partition coefficient (Wildman–Crippen LogP) is 2.88. The Hall–Kier alpha value is -1.82. The Balaban J connectivity index is 1.83. The Bertz CT molecular complexity index is 606. The van der Waals surface area contributed by atoms with Gasteiger partial charge in [-0.15, -0.1) is 0 Å². The number of hydrogen-bond acceptors (Lipinski definition) is 4. The summed E-state index contributed by atoms with van der Waals surface area (Å²) in [5.74, 6) is -0.998. The Kier molecular flexibility index (Phi) is 5.17. The zero-order chi connectivity index (χ0) is 14.4. The first kappa shape index (κ1) is 14.6. The van der Waals surface area contributed by atoms with Gasteiger partial charge >= 0.3 is 5.76 Å². The molecule has 2 aromatic rings. The monoisotopic (exact) mass is 282 g/mol. The number of aromatic amines is 1. The smallest absolute Gasteiger partial charge is 0.408 e. The molecule has 110 valence electrons. The van der Waals surface area contributed by atoms with Crippen LogP contribution < -0.4 is 11.1 Å². The summed E-state index contributed by atoms with van der Waals surface area (Å²) in [6.45, 7) is 4.13. The largest absolute Gasteiger partial charge is 0.417 e. The number of anilines is 1. The first-order valence-electron chi connectivity index (χ1n) is 6.84. The molecular weight excluding hydrogens is 263 g/mol. The van der Waals surface area contributed by atoms with E-state index >= 15 is 0 Å². The summed E-state index contributed by atoms with van der Waals surface area (Å²) >= 11 is 0. The van der Waals surface area contributed by atoms with Crippen molar-refractivity contribution in [2.45, 2.75) is 26.2 Å². The summed E-state index contributed by atoms with van der Waals surface area (Å²) in [5, 5.41) is 2.97. The highest BCUT2D eigenvalue weighted by Gasteiger charge is 2.08. The predicted molar refractivity (Wildman–Crippen MR) is 75.6 cm³/mol. The fourth-order valence-corrected chi connectivity index (χ4v) is 1.85. The van der Waals surface area contributed by atoms with Gasteiger partial charge in [0.05, 0.1) is 11.2 Å². The number of oxazole rings is 1. The highest BCUT2D eigenvalue weighted by Crippen LogP contribution is 2.20. The van der Waals surface area contributed by atoms with Crippen LogP contribution in [0.4, 0.5) is 10.1 Å². The lowest BCUT2D eigenvalue weighted by Gasteiger charge is -2.07. The maximum atomic E-state index is 13.7. The molecule has 0 unspecified atom stereocenters. The molecule has 0 aliphatic heterocycles. The number of hydrogen-bond donors (Lipinski definition) is 2. The van der Waals surface area contributed by atoms with E-state index in [1.54, 1.807) is 0 Å². The molecule has 2 N–H and O–H groups in total. The number of halogens is 1. The normalized spacial score (nSPS) is 11.1. The summed E-state index contributed by atoms with van der Waals surface area (Å²) < 4.78 is 24.1. The quantitative estimate of drug-likeness (QED) is 0.731. The first-order chi connectivity index (χ1) is 9.70. The van der Waals surface area contributed by atoms with Gasteiger partial charge in [-0.1, -0.05) is 13.3 Å². The molecule has 0 amide bonds. The van der Waals surface area contributed by atoms with Gasteiger partial charge < -0.3 is 14.5 Å². The van der Waals surface area contributed by atoms with Crippen molar-refractivity contribution in [3.05, 3.63) is 28.5 Å². The third-order valence-electron chi connectivity index (χ3n) is 2.93. The Morgan fingerprint density at radius 3 is 2.95 bits per heavy atom. The van der Waals surface area contributed by atoms with E-state index in [2.05, 4.69) is 17.2 Å². The summed E-state index contributed by atoms with van der Waals surface area (Å²) in [5.41, 5.74) is 1.04. The van der Waals surface area contributed by atoms with Gasteiger partial charge in [-0.05, 0) is 12.8 Å². The number of ether oxygens (including phenoxy) is 1. The van der Waals surface area contributed by atoms with Gasteiger partial charge in [0, 0.05) is 31.9 Å². The van der Waals surface area contributed by atoms with E-state index in [1.807, 2.05) is 0 Å². The standard InChI is InChI=1S/C14H19FN2O3/c1-2-3-6-19-7-4-5-16-11-9-13-12(8-10(11)15)17-14(18)20-13/h8-9,16H,2-7H2,1H3,(H,17,18). The van der Waals surface area contributed by atoms with Crippen LogP contribution in [0.25, 0.3) is 11.1 Å². The van der Waals surface area contributed by atoms with E-state index in [-0.39, 0.29) is 0 Å². The van der Waals surface area contributed by atoms with Crippen LogP contribution in [0.2, 0.25) is 0 Å². The zero-order valence-corrected chi connectivity index (χ0v) is 11.5. The summed E-state index contributed by atoms with van der Waals surface area (Å²) in [6, 6.07) is 2.74. The number of fused-ring (bicyclic) bond motifs is 1. The number of unbranched alkanes of at least 4 members (excludes halogenated alkanes) is 1. The molecule has 0 bridgehead atoms. The van der Waals surface area contributed by atoms with Crippen molar-refractivity contribution in [3.8, 4) is 0 Å². The van der Waals surface area contributed by atoms with Crippen LogP contribution in [0.1, 0.15) is 26.2 Å². The second-order valence-corrected chi connectivity index (χ2v) is 4.59. The fraction of sp³-hybridized carbons (Fsp3) is 0.500. The number of rotatable bonds is 8. The lowest BCUT2D eigenvalue weighted by atomic mass is 10.2. The van der Waals surface area contributed by atoms with Gasteiger partial charge in [0.1, 0.15) is 5.82 Å². The summed E-state index contributed by atoms with van der Waals surface area (Å²) in [4.78, 5) is 13.4. The second-order valence-electron chi connectivity index (χ2n) is 4.59. The number of nitrogens with one attached hydrogen (secondary N) is 2. The minimum absolute atomic E-state index is 0.328. The molecular formula is C14H19FN2O3. The molecule has 0 atom stereocenters. The Labute approximate surface area is 116 Å². The molecule has 0 saturated heterocycles. The molecule has 0 aliphatic rings. The highest BCUT2D eigenvalue weighted by molar-refractivity contribution is 5.77. The van der Waals surface area contributed by atoms with Crippen LogP contribution in [0.15, 0.2) is 21.3 Å². The van der Waals surface area contributed by atoms with Crippen LogP contribution >= 0.6 is 0 Å². The van der Waals surface area contributed by atoms with E-state index in [9.17, 15) is 9.18 Å². The number of benzene rings is 1. The molecule has 5 nitrogen and oxygen atoms in total. The average Bonchev–Trinajstić information content (AvgIpc) is 2.77. The van der Waals surface area contributed by atoms with Crippen molar-refractivity contribution in [2.75, 3.05) is 25.1 Å². The van der Waals surface area contributed by atoms with Crippen LogP contribution in [-0.2, 0) is 4.74 Å². The van der Waals surface area contributed by atoms with E-state index in [4.69, 9.17) is 9.15 Å². The van der Waals surface area contributed by atoms with Gasteiger partial charge in [0.2, 0.25) is 0 Å². The molecule has 1 heterocycles. The van der Waals surface area contributed by atoms with Gasteiger partial charge in [-0.25, -0.2) is 9.18 Å². The van der Waals surface area contributed by atoms with E-state index < -0.39 is 11.6 Å². The van der Waals surface area contributed by atoms with Crippen molar-refractivity contribution < 1.29 is 13.5 Å². The van der Waals surface area contributed by atoms with Gasteiger partial charge in [0.15, 0.2) is 5.58 Å². The third kappa shape index (κ3) is 3.84. The first-order valence-corrected chi connectivity index (χ1v) is 6.84. The van der Waals surface area contributed by atoms with Crippen LogP contribution in [0.5, 0.6) is 0 Å². The van der Waals surface area contributed by atoms with Crippen molar-refractivity contribution in [1.82, 2.24) is 4.98 Å². The average molecular weight is 282 g/mol. The Morgan fingerprint density at radius 2 is 2.15 bits per heavy atom. The molecule has 20 heavy (non-hydrogen) atoms. The number of aromatic nitrogens is 1. The summed E-state index contributed by atoms with van der Waals surface area (Å²) in [6.07, 6.45) is 2.97. The maximum absolute atomic E-state index is 13.7. The summed E-state index contributed by atoms with van der Waals surface area (Å²) in [7, 11) is 0. The van der Waals surface area contributed by atoms with E-state index in [1.165, 1.54) is 12.1 Å². The van der Waals surface area contributed by atoms with Gasteiger partial charge in [-0.3, -0.25) is 4.98 Å². The lowest BCUT2D eigenvalue weighted by Crippen LogP contribution is -2.07. The minimum atomic E-state index is -0.583. The molecule has 0 spiro atoms. The van der Waals surface area contributed by atoms with Crippen molar-refractivity contribution in [3.63, 3.8) is 0 Å². The molecule has 0 radical (unpaired) electrons. The number of H-pyrrole nitrogens is 1. The van der Waals surface area contributed by atoms with E-state index in [0.717, 1.165) is 25.9 Å². The fourth-order valence-electron chi connectivity index (χ4n) is 1.85. The molecule has 1 aromatic heterocycles. The topological polar surface area (TPSA) is 67.3 Å². The lowest BCUT2D eigenvalue weighted by molar-refractivity contribution is 0.131. The van der Waals surface area contributed by atoms with Gasteiger partial charge in [-0.2, -0.15) is 0 Å². The SMILES string of the molecule is CCCCOCCCNc1cc2oc(=O)[nH]c2cc1F. The second kappa shape index (κ2) is 7.09. The molecule has 0 aliphatic carbocycles. The van der Waals surface area contributed by atoms with Crippen molar-refractivity contribution >= 4 is 16.8 Å². The highest BCUT2D eigenvalue weighted by atomic mass is 19.1. The Morgan fingerprint density at radius 1 is 1.35 bits per heavy atom. The van der Waals surface area contributed by atoms with Crippen LogP contribution in [0.3, 0.4) is 0 Å². The van der Waals surface area contributed by atoms with Crippen LogP contribution in [-0.4, -0.2) is 24.7 Å². The van der Waals surface area contributed by atoms with Crippen molar-refractivity contribution in [2.24, 2.45) is 0 Å².